The molecule has 1 aromatic rings. The monoisotopic (exact) mass is 405 g/mol. The van der Waals surface area contributed by atoms with Gasteiger partial charge in [-0.05, 0) is 37.1 Å². The fourth-order valence-electron chi connectivity index (χ4n) is 2.20. The van der Waals surface area contributed by atoms with E-state index in [1.165, 1.54) is 0 Å². The average molecular weight is 407 g/mol. The summed E-state index contributed by atoms with van der Waals surface area (Å²) in [5.41, 5.74) is 5.82. The summed E-state index contributed by atoms with van der Waals surface area (Å²) in [7, 11) is 0. The molecule has 1 aromatic carbocycles. The van der Waals surface area contributed by atoms with Crippen molar-refractivity contribution in [3.8, 4) is 0 Å². The molecule has 7 heteroatoms. The SMILES string of the molecule is CCC(CC)(CN)C(=O)NCCNC(=O)c1ccc(Br)cc1.Cl. The van der Waals surface area contributed by atoms with Crippen LogP contribution in [-0.2, 0) is 4.79 Å². The predicted molar refractivity (Wildman–Crippen MR) is 98.8 cm³/mol. The molecule has 0 saturated heterocycles. The van der Waals surface area contributed by atoms with E-state index in [2.05, 4.69) is 26.6 Å². The van der Waals surface area contributed by atoms with Crippen LogP contribution in [0.4, 0.5) is 0 Å². The van der Waals surface area contributed by atoms with Crippen LogP contribution in [0.3, 0.4) is 0 Å². The smallest absolute Gasteiger partial charge is 0.251 e. The molecule has 0 aliphatic heterocycles. The lowest BCUT2D eigenvalue weighted by Gasteiger charge is -2.28. The molecule has 2 amide bonds. The van der Waals surface area contributed by atoms with Crippen LogP contribution < -0.4 is 16.4 Å². The Morgan fingerprint density at radius 3 is 2.09 bits per heavy atom. The molecule has 5 nitrogen and oxygen atoms in total. The second-order valence-corrected chi connectivity index (χ2v) is 6.13. The average Bonchev–Trinajstić information content (AvgIpc) is 2.54. The van der Waals surface area contributed by atoms with E-state index in [4.69, 9.17) is 5.73 Å². The Morgan fingerprint density at radius 1 is 1.09 bits per heavy atom. The van der Waals surface area contributed by atoms with Crippen molar-refractivity contribution in [1.82, 2.24) is 10.6 Å². The maximum atomic E-state index is 12.2. The number of amides is 2. The summed E-state index contributed by atoms with van der Waals surface area (Å²) < 4.78 is 0.925. The van der Waals surface area contributed by atoms with Gasteiger partial charge in [0.05, 0.1) is 5.41 Å². The highest BCUT2D eigenvalue weighted by Gasteiger charge is 2.32. The number of halogens is 2. The molecule has 0 unspecified atom stereocenters. The highest BCUT2D eigenvalue weighted by molar-refractivity contribution is 9.10. The van der Waals surface area contributed by atoms with Gasteiger partial charge in [-0.3, -0.25) is 9.59 Å². The second kappa shape index (κ2) is 10.6. The van der Waals surface area contributed by atoms with Crippen LogP contribution in [0.1, 0.15) is 37.0 Å². The van der Waals surface area contributed by atoms with Crippen molar-refractivity contribution < 1.29 is 9.59 Å². The highest BCUT2D eigenvalue weighted by Crippen LogP contribution is 2.24. The Kier molecular flexibility index (Phi) is 10.1. The summed E-state index contributed by atoms with van der Waals surface area (Å²) in [5.74, 6) is -0.198. The number of hydrogen-bond acceptors (Lipinski definition) is 3. The van der Waals surface area contributed by atoms with Crippen molar-refractivity contribution >= 4 is 40.2 Å². The Balaban J connectivity index is 0.00000484. The molecule has 0 radical (unpaired) electrons. The van der Waals surface area contributed by atoms with Crippen LogP contribution >= 0.6 is 28.3 Å². The quantitative estimate of drug-likeness (QED) is 0.580. The van der Waals surface area contributed by atoms with Gasteiger partial charge >= 0.3 is 0 Å². The van der Waals surface area contributed by atoms with Crippen molar-refractivity contribution in [2.75, 3.05) is 19.6 Å². The van der Waals surface area contributed by atoms with Gasteiger partial charge in [0, 0.05) is 29.7 Å². The van der Waals surface area contributed by atoms with E-state index >= 15 is 0 Å². The third-order valence-electron chi connectivity index (χ3n) is 4.03. The van der Waals surface area contributed by atoms with Gasteiger partial charge in [-0.15, -0.1) is 12.4 Å². The van der Waals surface area contributed by atoms with Gasteiger partial charge in [-0.1, -0.05) is 29.8 Å². The largest absolute Gasteiger partial charge is 0.354 e. The molecule has 0 atom stereocenters. The van der Waals surface area contributed by atoms with E-state index in [-0.39, 0.29) is 24.2 Å². The van der Waals surface area contributed by atoms with Crippen molar-refractivity contribution in [2.24, 2.45) is 11.1 Å². The lowest BCUT2D eigenvalue weighted by molar-refractivity contribution is -0.130. The zero-order valence-electron chi connectivity index (χ0n) is 13.5. The van der Waals surface area contributed by atoms with Crippen molar-refractivity contribution in [3.05, 3.63) is 34.3 Å². The van der Waals surface area contributed by atoms with Crippen molar-refractivity contribution in [3.63, 3.8) is 0 Å². The van der Waals surface area contributed by atoms with Gasteiger partial charge in [-0.25, -0.2) is 0 Å². The predicted octanol–water partition coefficient (Wildman–Crippen LogP) is 2.48. The van der Waals surface area contributed by atoms with E-state index in [0.717, 1.165) is 4.47 Å². The molecule has 0 aromatic heterocycles. The van der Waals surface area contributed by atoms with E-state index in [1.807, 2.05) is 26.0 Å². The molecular weight excluding hydrogens is 382 g/mol. The maximum Gasteiger partial charge on any atom is 0.251 e. The van der Waals surface area contributed by atoms with E-state index in [9.17, 15) is 9.59 Å². The molecule has 0 aliphatic carbocycles. The van der Waals surface area contributed by atoms with Gasteiger partial charge in [-0.2, -0.15) is 0 Å². The Morgan fingerprint density at radius 2 is 1.61 bits per heavy atom. The number of hydrogen-bond donors (Lipinski definition) is 3. The van der Waals surface area contributed by atoms with Crippen LogP contribution in [0.15, 0.2) is 28.7 Å². The van der Waals surface area contributed by atoms with Gasteiger partial charge < -0.3 is 16.4 Å². The molecule has 0 saturated carbocycles. The minimum atomic E-state index is -0.504. The topological polar surface area (TPSA) is 84.2 Å². The first-order chi connectivity index (χ1) is 10.5. The van der Waals surface area contributed by atoms with Gasteiger partial charge in [0.15, 0.2) is 0 Å². The molecule has 0 bridgehead atoms. The summed E-state index contributed by atoms with van der Waals surface area (Å²) in [6.45, 7) is 5.03. The molecule has 0 heterocycles. The zero-order chi connectivity index (χ0) is 16.6. The first-order valence-electron chi connectivity index (χ1n) is 7.51. The third-order valence-corrected chi connectivity index (χ3v) is 4.56. The molecular formula is C16H25BrClN3O2. The number of benzene rings is 1. The van der Waals surface area contributed by atoms with Crippen molar-refractivity contribution in [2.45, 2.75) is 26.7 Å². The first-order valence-corrected chi connectivity index (χ1v) is 8.30. The molecule has 23 heavy (non-hydrogen) atoms. The van der Waals surface area contributed by atoms with Crippen LogP contribution in [-0.4, -0.2) is 31.4 Å². The maximum absolute atomic E-state index is 12.2. The van der Waals surface area contributed by atoms with Crippen LogP contribution in [0.5, 0.6) is 0 Å². The van der Waals surface area contributed by atoms with Gasteiger partial charge in [0.1, 0.15) is 0 Å². The second-order valence-electron chi connectivity index (χ2n) is 5.21. The lowest BCUT2D eigenvalue weighted by atomic mass is 9.81. The highest BCUT2D eigenvalue weighted by atomic mass is 79.9. The number of nitrogens with two attached hydrogens (primary N) is 1. The molecule has 130 valence electrons. The summed E-state index contributed by atoms with van der Waals surface area (Å²) >= 11 is 3.32. The number of nitrogens with one attached hydrogen (secondary N) is 2. The molecule has 4 N–H and O–H groups in total. The normalized spacial score (nSPS) is 10.6. The third kappa shape index (κ3) is 6.12. The Hall–Kier alpha value is -1.11. The summed E-state index contributed by atoms with van der Waals surface area (Å²) in [4.78, 5) is 24.1. The van der Waals surface area contributed by atoms with Crippen LogP contribution in [0, 0.1) is 5.41 Å². The summed E-state index contributed by atoms with van der Waals surface area (Å²) in [6.07, 6.45) is 1.41. The first kappa shape index (κ1) is 21.9. The van der Waals surface area contributed by atoms with Gasteiger partial charge in [0.2, 0.25) is 5.91 Å². The summed E-state index contributed by atoms with van der Waals surface area (Å²) in [6, 6.07) is 7.11. The number of carbonyl (C=O) groups excluding carboxylic acids is 2. The zero-order valence-corrected chi connectivity index (χ0v) is 15.9. The fraction of sp³-hybridized carbons (Fsp3) is 0.500. The van der Waals surface area contributed by atoms with Gasteiger partial charge in [0.25, 0.3) is 5.91 Å². The van der Waals surface area contributed by atoms with E-state index in [0.29, 0.717) is 38.0 Å². The minimum Gasteiger partial charge on any atom is -0.354 e. The fourth-order valence-corrected chi connectivity index (χ4v) is 2.46. The summed E-state index contributed by atoms with van der Waals surface area (Å²) in [5, 5.41) is 5.63. The standard InChI is InChI=1S/C16H24BrN3O2.ClH/c1-3-16(4-2,11-18)15(22)20-10-9-19-14(21)12-5-7-13(17)8-6-12;/h5-8H,3-4,9-11,18H2,1-2H3,(H,19,21)(H,20,22);1H. The Bertz CT molecular complexity index is 496. The minimum absolute atomic E-state index is 0. The molecule has 0 aliphatic rings. The Labute approximate surface area is 152 Å². The van der Waals surface area contributed by atoms with E-state index < -0.39 is 5.41 Å². The molecule has 0 spiro atoms. The number of rotatable bonds is 8. The lowest BCUT2D eigenvalue weighted by Crippen LogP contribution is -2.47. The molecule has 0 fully saturated rings. The number of carbonyl (C=O) groups is 2. The molecule has 1 rings (SSSR count). The van der Waals surface area contributed by atoms with E-state index in [1.54, 1.807) is 12.1 Å². The van der Waals surface area contributed by atoms with Crippen LogP contribution in [0.25, 0.3) is 0 Å². The van der Waals surface area contributed by atoms with Crippen molar-refractivity contribution in [1.29, 1.82) is 0 Å². The van der Waals surface area contributed by atoms with Crippen LogP contribution in [0.2, 0.25) is 0 Å².